The highest BCUT2D eigenvalue weighted by atomic mass is 19.1. The van der Waals surface area contributed by atoms with Crippen molar-refractivity contribution in [1.82, 2.24) is 10.3 Å². The summed E-state index contributed by atoms with van der Waals surface area (Å²) in [4.78, 5) is 37.6. The average molecular weight is 440 g/mol. The van der Waals surface area contributed by atoms with Gasteiger partial charge in [-0.2, -0.15) is 5.10 Å². The number of nitrogens with zero attached hydrogens (tertiary/aromatic N) is 2. The first-order valence-electron chi connectivity index (χ1n) is 10.4. The van der Waals surface area contributed by atoms with Gasteiger partial charge in [-0.05, 0) is 66.9 Å². The number of hydrogen-bond donors (Lipinski definition) is 2. The largest absolute Gasteiger partial charge is 0.484 e. The third kappa shape index (κ3) is 7.19. The standard InChI is InChI=1S/C23H25FN4O4/c24-18-7-9-19(10-8-18)26-21(29)16-32-20-11-5-17(6-12-20)15-25-27-22(30)23(31)28-13-3-1-2-4-14-28/h5-12,15H,1-4,13-14,16H2,(H,26,29)(H,27,30)/b25-15-. The summed E-state index contributed by atoms with van der Waals surface area (Å²) in [5, 5.41) is 6.44. The molecule has 0 bridgehead atoms. The van der Waals surface area contributed by atoms with Crippen molar-refractivity contribution >= 4 is 29.6 Å². The number of hydrazone groups is 1. The number of anilines is 1. The van der Waals surface area contributed by atoms with Crippen LogP contribution in [-0.2, 0) is 14.4 Å². The molecule has 3 rings (SSSR count). The quantitative estimate of drug-likeness (QED) is 0.410. The Hall–Kier alpha value is -3.75. The van der Waals surface area contributed by atoms with E-state index in [-0.39, 0.29) is 18.3 Å². The van der Waals surface area contributed by atoms with Gasteiger partial charge in [-0.15, -0.1) is 0 Å². The van der Waals surface area contributed by atoms with Crippen molar-refractivity contribution in [3.05, 3.63) is 59.9 Å². The first-order chi connectivity index (χ1) is 15.5. The molecule has 1 saturated heterocycles. The van der Waals surface area contributed by atoms with Crippen LogP contribution < -0.4 is 15.5 Å². The molecule has 2 aromatic rings. The number of ether oxygens (including phenoxy) is 1. The lowest BCUT2D eigenvalue weighted by molar-refractivity contribution is -0.145. The summed E-state index contributed by atoms with van der Waals surface area (Å²) in [6.07, 6.45) is 5.37. The minimum absolute atomic E-state index is 0.209. The third-order valence-corrected chi connectivity index (χ3v) is 4.85. The molecule has 2 aromatic carbocycles. The molecule has 0 aromatic heterocycles. The van der Waals surface area contributed by atoms with E-state index in [1.165, 1.54) is 30.5 Å². The maximum Gasteiger partial charge on any atom is 0.329 e. The highest BCUT2D eigenvalue weighted by Gasteiger charge is 2.22. The molecule has 1 aliphatic heterocycles. The number of rotatable bonds is 6. The van der Waals surface area contributed by atoms with Gasteiger partial charge < -0.3 is 15.0 Å². The van der Waals surface area contributed by atoms with Crippen LogP contribution in [0.3, 0.4) is 0 Å². The van der Waals surface area contributed by atoms with Crippen molar-refractivity contribution in [2.45, 2.75) is 25.7 Å². The van der Waals surface area contributed by atoms with Crippen LogP contribution in [0.15, 0.2) is 53.6 Å². The molecule has 0 aliphatic carbocycles. The second-order valence-corrected chi connectivity index (χ2v) is 7.32. The normalized spacial score (nSPS) is 14.0. The maximum absolute atomic E-state index is 12.9. The van der Waals surface area contributed by atoms with Gasteiger partial charge >= 0.3 is 11.8 Å². The van der Waals surface area contributed by atoms with Gasteiger partial charge in [0.2, 0.25) is 0 Å². The summed E-state index contributed by atoms with van der Waals surface area (Å²) >= 11 is 0. The van der Waals surface area contributed by atoms with Crippen molar-refractivity contribution in [3.8, 4) is 5.75 Å². The number of benzene rings is 2. The van der Waals surface area contributed by atoms with Gasteiger partial charge in [0.1, 0.15) is 11.6 Å². The Morgan fingerprint density at radius 3 is 2.28 bits per heavy atom. The molecule has 0 atom stereocenters. The fourth-order valence-electron chi connectivity index (χ4n) is 3.16. The number of nitrogens with one attached hydrogen (secondary N) is 2. The third-order valence-electron chi connectivity index (χ3n) is 4.85. The number of carbonyl (C=O) groups is 3. The molecule has 0 saturated carbocycles. The first-order valence-corrected chi connectivity index (χ1v) is 10.4. The summed E-state index contributed by atoms with van der Waals surface area (Å²) in [6.45, 7) is 0.984. The van der Waals surface area contributed by atoms with Crippen LogP contribution in [0, 0.1) is 5.82 Å². The summed E-state index contributed by atoms with van der Waals surface area (Å²) < 4.78 is 18.3. The fraction of sp³-hybridized carbons (Fsp3) is 0.304. The second kappa shape index (κ2) is 11.6. The van der Waals surface area contributed by atoms with E-state index in [0.29, 0.717) is 30.1 Å². The smallest absolute Gasteiger partial charge is 0.329 e. The van der Waals surface area contributed by atoms with Gasteiger partial charge in [-0.3, -0.25) is 14.4 Å². The van der Waals surface area contributed by atoms with Gasteiger partial charge in [0, 0.05) is 18.8 Å². The molecule has 0 radical (unpaired) electrons. The zero-order valence-electron chi connectivity index (χ0n) is 17.6. The average Bonchev–Trinajstić information content (AvgIpc) is 3.09. The van der Waals surface area contributed by atoms with Crippen molar-refractivity contribution in [2.75, 3.05) is 25.0 Å². The van der Waals surface area contributed by atoms with Crippen LogP contribution in [0.2, 0.25) is 0 Å². The summed E-state index contributed by atoms with van der Waals surface area (Å²) in [7, 11) is 0. The number of amides is 3. The monoisotopic (exact) mass is 440 g/mol. The Kier molecular flexibility index (Phi) is 8.30. The van der Waals surface area contributed by atoms with Gasteiger partial charge in [0.15, 0.2) is 6.61 Å². The first kappa shape index (κ1) is 22.9. The summed E-state index contributed by atoms with van der Waals surface area (Å²) in [6, 6.07) is 12.1. The van der Waals surface area contributed by atoms with E-state index in [9.17, 15) is 18.8 Å². The van der Waals surface area contributed by atoms with E-state index in [1.807, 2.05) is 0 Å². The van der Waals surface area contributed by atoms with Crippen LogP contribution in [0.5, 0.6) is 5.75 Å². The molecule has 32 heavy (non-hydrogen) atoms. The number of likely N-dealkylation sites (tertiary alicyclic amines) is 1. The second-order valence-electron chi connectivity index (χ2n) is 7.32. The topological polar surface area (TPSA) is 100 Å². The van der Waals surface area contributed by atoms with Crippen molar-refractivity contribution in [3.63, 3.8) is 0 Å². The Morgan fingerprint density at radius 2 is 1.62 bits per heavy atom. The summed E-state index contributed by atoms with van der Waals surface area (Å²) in [5.74, 6) is -1.61. The van der Waals surface area contributed by atoms with E-state index in [4.69, 9.17) is 4.74 Å². The van der Waals surface area contributed by atoms with Crippen LogP contribution in [-0.4, -0.2) is 48.5 Å². The van der Waals surface area contributed by atoms with Gasteiger partial charge in [-0.25, -0.2) is 9.82 Å². The van der Waals surface area contributed by atoms with Crippen LogP contribution in [0.25, 0.3) is 0 Å². The molecule has 0 spiro atoms. The van der Waals surface area contributed by atoms with Crippen molar-refractivity contribution in [1.29, 1.82) is 0 Å². The van der Waals surface area contributed by atoms with Crippen LogP contribution in [0.4, 0.5) is 10.1 Å². The molecular formula is C23H25FN4O4. The lowest BCUT2D eigenvalue weighted by atomic mass is 10.2. The minimum Gasteiger partial charge on any atom is -0.484 e. The van der Waals surface area contributed by atoms with Crippen LogP contribution >= 0.6 is 0 Å². The lowest BCUT2D eigenvalue weighted by Gasteiger charge is -2.18. The number of hydrogen-bond acceptors (Lipinski definition) is 5. The number of halogens is 1. The molecule has 3 amide bonds. The van der Waals surface area contributed by atoms with Crippen LogP contribution in [0.1, 0.15) is 31.2 Å². The maximum atomic E-state index is 12.9. The van der Waals surface area contributed by atoms with E-state index in [1.54, 1.807) is 29.2 Å². The molecule has 2 N–H and O–H groups in total. The molecule has 168 valence electrons. The zero-order valence-corrected chi connectivity index (χ0v) is 17.6. The predicted octanol–water partition coefficient (Wildman–Crippen LogP) is 2.70. The molecule has 8 nitrogen and oxygen atoms in total. The molecule has 1 heterocycles. The Balaban J connectivity index is 1.42. The van der Waals surface area contributed by atoms with Gasteiger partial charge in [-0.1, -0.05) is 12.8 Å². The highest BCUT2D eigenvalue weighted by molar-refractivity contribution is 6.35. The Morgan fingerprint density at radius 1 is 0.969 bits per heavy atom. The molecule has 9 heteroatoms. The SMILES string of the molecule is O=C(COc1ccc(/C=N\NC(=O)C(=O)N2CCCCCC2)cc1)Nc1ccc(F)cc1. The highest BCUT2D eigenvalue weighted by Crippen LogP contribution is 2.12. The van der Waals surface area contributed by atoms with Crippen molar-refractivity contribution in [2.24, 2.45) is 5.10 Å². The fourth-order valence-corrected chi connectivity index (χ4v) is 3.16. The predicted molar refractivity (Wildman–Crippen MR) is 118 cm³/mol. The Labute approximate surface area is 185 Å². The summed E-state index contributed by atoms with van der Waals surface area (Å²) in [5.41, 5.74) is 3.41. The van der Waals surface area contributed by atoms with Crippen molar-refractivity contribution < 1.29 is 23.5 Å². The van der Waals surface area contributed by atoms with E-state index < -0.39 is 11.8 Å². The molecular weight excluding hydrogens is 415 g/mol. The zero-order chi connectivity index (χ0) is 22.8. The van der Waals surface area contributed by atoms with E-state index in [2.05, 4.69) is 15.8 Å². The van der Waals surface area contributed by atoms with E-state index >= 15 is 0 Å². The minimum atomic E-state index is -0.754. The van der Waals surface area contributed by atoms with Gasteiger partial charge in [0.05, 0.1) is 6.21 Å². The Bertz CT molecular complexity index is 953. The molecule has 0 unspecified atom stereocenters. The number of carbonyl (C=O) groups excluding carboxylic acids is 3. The molecule has 1 fully saturated rings. The van der Waals surface area contributed by atoms with E-state index in [0.717, 1.165) is 25.7 Å². The lowest BCUT2D eigenvalue weighted by Crippen LogP contribution is -2.41. The molecule has 1 aliphatic rings. The van der Waals surface area contributed by atoms with Gasteiger partial charge in [0.25, 0.3) is 5.91 Å².